The van der Waals surface area contributed by atoms with E-state index in [0.717, 1.165) is 12.1 Å². The Kier molecular flexibility index (Phi) is 3.61. The van der Waals surface area contributed by atoms with Crippen LogP contribution in [-0.4, -0.2) is 11.2 Å². The second-order valence-corrected chi connectivity index (χ2v) is 4.23. The van der Waals surface area contributed by atoms with E-state index in [-0.39, 0.29) is 0 Å². The lowest BCUT2D eigenvalue weighted by molar-refractivity contribution is -0.137. The number of thiazole rings is 1. The van der Waals surface area contributed by atoms with E-state index in [1.807, 2.05) is 0 Å². The molecule has 0 fully saturated rings. The Hall–Kier alpha value is -1.89. The number of halogens is 3. The Morgan fingerprint density at radius 3 is 2.83 bits per heavy atom. The summed E-state index contributed by atoms with van der Waals surface area (Å²) in [5.41, 5.74) is 2.30. The van der Waals surface area contributed by atoms with Crippen molar-refractivity contribution in [3.05, 3.63) is 47.0 Å². The summed E-state index contributed by atoms with van der Waals surface area (Å²) in [4.78, 5) is 3.92. The first-order valence-corrected chi connectivity index (χ1v) is 5.79. The van der Waals surface area contributed by atoms with Gasteiger partial charge in [0.1, 0.15) is 0 Å². The van der Waals surface area contributed by atoms with E-state index >= 15 is 0 Å². The maximum atomic E-state index is 12.4. The molecule has 2 rings (SSSR count). The van der Waals surface area contributed by atoms with Crippen LogP contribution in [0.25, 0.3) is 0 Å². The average molecular weight is 271 g/mol. The lowest BCUT2D eigenvalue weighted by atomic mass is 10.1. The third-order valence-electron chi connectivity index (χ3n) is 2.02. The third-order valence-corrected chi connectivity index (χ3v) is 2.70. The van der Waals surface area contributed by atoms with Crippen LogP contribution in [0.1, 0.15) is 11.1 Å². The van der Waals surface area contributed by atoms with Crippen molar-refractivity contribution in [2.45, 2.75) is 6.18 Å². The molecule has 0 atom stereocenters. The zero-order chi connectivity index (χ0) is 13.0. The van der Waals surface area contributed by atoms with Gasteiger partial charge in [0.05, 0.1) is 11.8 Å². The molecule has 1 N–H and O–H groups in total. The topological polar surface area (TPSA) is 37.3 Å². The molecule has 0 bridgehead atoms. The van der Waals surface area contributed by atoms with Gasteiger partial charge in [0.15, 0.2) is 0 Å². The van der Waals surface area contributed by atoms with Gasteiger partial charge < -0.3 is 0 Å². The molecule has 7 heteroatoms. The highest BCUT2D eigenvalue weighted by Gasteiger charge is 2.30. The molecule has 0 amide bonds. The van der Waals surface area contributed by atoms with E-state index < -0.39 is 11.7 Å². The van der Waals surface area contributed by atoms with Gasteiger partial charge in [0, 0.05) is 11.6 Å². The standard InChI is InChI=1S/C11H8F3N3S/c12-11(13,14)9-3-1-2-8(6-9)7-16-17-10-15-4-5-18-10/h1-7H,(H,15,17)/b16-7-. The Morgan fingerprint density at radius 2 is 2.17 bits per heavy atom. The summed E-state index contributed by atoms with van der Waals surface area (Å²) in [7, 11) is 0. The van der Waals surface area contributed by atoms with Crippen LogP contribution in [0.3, 0.4) is 0 Å². The fourth-order valence-electron chi connectivity index (χ4n) is 1.24. The van der Waals surface area contributed by atoms with Crippen LogP contribution in [-0.2, 0) is 6.18 Å². The largest absolute Gasteiger partial charge is 0.416 e. The predicted octanol–water partition coefficient (Wildman–Crippen LogP) is 3.61. The summed E-state index contributed by atoms with van der Waals surface area (Å²) >= 11 is 1.35. The first-order chi connectivity index (χ1) is 8.55. The van der Waals surface area contributed by atoms with Crippen molar-refractivity contribution in [3.8, 4) is 0 Å². The van der Waals surface area contributed by atoms with Gasteiger partial charge in [-0.1, -0.05) is 12.1 Å². The quantitative estimate of drug-likeness (QED) is 0.684. The number of alkyl halides is 3. The van der Waals surface area contributed by atoms with Gasteiger partial charge in [0.2, 0.25) is 5.13 Å². The van der Waals surface area contributed by atoms with Crippen LogP contribution in [0, 0.1) is 0 Å². The van der Waals surface area contributed by atoms with Gasteiger partial charge in [-0.15, -0.1) is 11.3 Å². The SMILES string of the molecule is FC(F)(F)c1cccc(/C=N\Nc2nccs2)c1. The molecule has 1 aromatic heterocycles. The van der Waals surface area contributed by atoms with Gasteiger partial charge in [-0.25, -0.2) is 4.98 Å². The van der Waals surface area contributed by atoms with Crippen molar-refractivity contribution in [2.75, 3.05) is 5.43 Å². The summed E-state index contributed by atoms with van der Waals surface area (Å²) in [5.74, 6) is 0. The minimum absolute atomic E-state index is 0.369. The summed E-state index contributed by atoms with van der Waals surface area (Å²) in [6.45, 7) is 0. The number of hydrazone groups is 1. The van der Waals surface area contributed by atoms with Crippen molar-refractivity contribution in [1.29, 1.82) is 0 Å². The number of anilines is 1. The number of rotatable bonds is 3. The molecule has 2 aromatic rings. The van der Waals surface area contributed by atoms with E-state index in [4.69, 9.17) is 0 Å². The molecular formula is C11H8F3N3S. The normalized spacial score (nSPS) is 11.9. The van der Waals surface area contributed by atoms with Crippen molar-refractivity contribution >= 4 is 22.7 Å². The van der Waals surface area contributed by atoms with E-state index in [1.165, 1.54) is 23.6 Å². The minimum atomic E-state index is -4.34. The predicted molar refractivity (Wildman–Crippen MR) is 64.8 cm³/mol. The molecule has 0 aliphatic heterocycles. The van der Waals surface area contributed by atoms with Crippen LogP contribution in [0.4, 0.5) is 18.3 Å². The highest BCUT2D eigenvalue weighted by molar-refractivity contribution is 7.13. The summed E-state index contributed by atoms with van der Waals surface area (Å²) < 4.78 is 37.3. The highest BCUT2D eigenvalue weighted by atomic mass is 32.1. The third kappa shape index (κ3) is 3.30. The molecular weight excluding hydrogens is 263 g/mol. The molecule has 0 spiro atoms. The van der Waals surface area contributed by atoms with Gasteiger partial charge in [-0.3, -0.25) is 5.43 Å². The summed E-state index contributed by atoms with van der Waals surface area (Å²) in [6.07, 6.45) is -1.42. The van der Waals surface area contributed by atoms with Gasteiger partial charge >= 0.3 is 6.18 Å². The van der Waals surface area contributed by atoms with Crippen molar-refractivity contribution in [1.82, 2.24) is 4.98 Å². The molecule has 0 unspecified atom stereocenters. The van der Waals surface area contributed by atoms with Crippen LogP contribution in [0.2, 0.25) is 0 Å². The molecule has 1 aromatic carbocycles. The average Bonchev–Trinajstić information content (AvgIpc) is 2.81. The summed E-state index contributed by atoms with van der Waals surface area (Å²) in [5, 5.41) is 6.16. The Labute approximate surface area is 105 Å². The first-order valence-electron chi connectivity index (χ1n) is 4.91. The van der Waals surface area contributed by atoms with E-state index in [9.17, 15) is 13.2 Å². The number of aromatic nitrogens is 1. The van der Waals surface area contributed by atoms with Gasteiger partial charge in [-0.2, -0.15) is 18.3 Å². The number of nitrogens with one attached hydrogen (secondary N) is 1. The van der Waals surface area contributed by atoms with Crippen molar-refractivity contribution < 1.29 is 13.2 Å². The molecule has 3 nitrogen and oxygen atoms in total. The first kappa shape index (κ1) is 12.6. The van der Waals surface area contributed by atoms with Crippen molar-refractivity contribution in [2.24, 2.45) is 5.10 Å². The van der Waals surface area contributed by atoms with E-state index in [0.29, 0.717) is 10.7 Å². The van der Waals surface area contributed by atoms with Crippen LogP contribution >= 0.6 is 11.3 Å². The Balaban J connectivity index is 2.07. The maximum Gasteiger partial charge on any atom is 0.416 e. The van der Waals surface area contributed by atoms with Crippen LogP contribution < -0.4 is 5.43 Å². The smallest absolute Gasteiger partial charge is 0.253 e. The number of nitrogens with zero attached hydrogens (tertiary/aromatic N) is 2. The lowest BCUT2D eigenvalue weighted by Gasteiger charge is -2.06. The molecule has 1 heterocycles. The highest BCUT2D eigenvalue weighted by Crippen LogP contribution is 2.29. The van der Waals surface area contributed by atoms with E-state index in [1.54, 1.807) is 17.6 Å². The molecule has 0 aliphatic carbocycles. The van der Waals surface area contributed by atoms with Gasteiger partial charge in [-0.05, 0) is 17.7 Å². The fraction of sp³-hybridized carbons (Fsp3) is 0.0909. The van der Waals surface area contributed by atoms with E-state index in [2.05, 4.69) is 15.5 Å². The molecule has 18 heavy (non-hydrogen) atoms. The fourth-order valence-corrected chi connectivity index (χ4v) is 1.71. The number of benzene rings is 1. The monoisotopic (exact) mass is 271 g/mol. The second kappa shape index (κ2) is 5.18. The van der Waals surface area contributed by atoms with Crippen LogP contribution in [0.5, 0.6) is 0 Å². The Bertz CT molecular complexity index is 535. The molecule has 0 saturated heterocycles. The van der Waals surface area contributed by atoms with Crippen molar-refractivity contribution in [3.63, 3.8) is 0 Å². The molecule has 0 saturated carbocycles. The zero-order valence-corrected chi connectivity index (χ0v) is 9.79. The molecule has 0 aliphatic rings. The number of hydrogen-bond acceptors (Lipinski definition) is 4. The Morgan fingerprint density at radius 1 is 1.33 bits per heavy atom. The minimum Gasteiger partial charge on any atom is -0.253 e. The molecule has 0 radical (unpaired) electrons. The number of hydrogen-bond donors (Lipinski definition) is 1. The molecule has 94 valence electrons. The van der Waals surface area contributed by atoms with Gasteiger partial charge in [0.25, 0.3) is 0 Å². The maximum absolute atomic E-state index is 12.4. The zero-order valence-electron chi connectivity index (χ0n) is 8.98. The lowest BCUT2D eigenvalue weighted by Crippen LogP contribution is -2.05. The second-order valence-electron chi connectivity index (χ2n) is 3.33. The van der Waals surface area contributed by atoms with Crippen LogP contribution in [0.15, 0.2) is 40.9 Å². The summed E-state index contributed by atoms with van der Waals surface area (Å²) in [6, 6.07) is 4.94.